The average Bonchev–Trinajstić information content (AvgIpc) is 3.49. The van der Waals surface area contributed by atoms with Crippen molar-refractivity contribution < 1.29 is 27.8 Å². The van der Waals surface area contributed by atoms with Gasteiger partial charge in [0.1, 0.15) is 22.9 Å². The van der Waals surface area contributed by atoms with E-state index < -0.39 is 35.7 Å². The van der Waals surface area contributed by atoms with Crippen LogP contribution in [0.4, 0.5) is 8.78 Å². The third-order valence-electron chi connectivity index (χ3n) is 4.31. The Balaban J connectivity index is 1.63. The third-order valence-corrected chi connectivity index (χ3v) is 4.31. The maximum absolute atomic E-state index is 13.6. The first-order chi connectivity index (χ1) is 13.0. The smallest absolute Gasteiger partial charge is 0.344 e. The molecule has 2 aromatic rings. The molecule has 1 aliphatic carbocycles. The minimum absolute atomic E-state index is 0.0866. The first kappa shape index (κ1) is 18.8. The Kier molecular flexibility index (Phi) is 5.69. The summed E-state index contributed by atoms with van der Waals surface area (Å²) in [5.74, 6) is -2.93. The number of hydrogen-bond acceptors (Lipinski definition) is 4. The quantitative estimate of drug-likeness (QED) is 0.697. The fourth-order valence-electron chi connectivity index (χ4n) is 2.71. The van der Waals surface area contributed by atoms with Crippen molar-refractivity contribution >= 4 is 11.9 Å². The molecule has 0 radical (unpaired) electrons. The van der Waals surface area contributed by atoms with Crippen molar-refractivity contribution in [1.29, 1.82) is 0 Å². The predicted molar refractivity (Wildman–Crippen MR) is 93.2 cm³/mol. The molecule has 2 aromatic carbocycles. The molecule has 27 heavy (non-hydrogen) atoms. The molecule has 0 saturated heterocycles. The monoisotopic (exact) mass is 375 g/mol. The third kappa shape index (κ3) is 4.61. The number of carbonyl (C=O) groups excluding carboxylic acids is 2. The number of hydrogen-bond donors (Lipinski definition) is 0. The van der Waals surface area contributed by atoms with Gasteiger partial charge in [0.25, 0.3) is 5.91 Å². The van der Waals surface area contributed by atoms with Crippen molar-refractivity contribution in [3.8, 4) is 5.75 Å². The number of ether oxygens (including phenoxy) is 2. The summed E-state index contributed by atoms with van der Waals surface area (Å²) in [6.07, 6.45) is 1.75. The molecule has 3 rings (SSSR count). The molecule has 0 bridgehead atoms. The highest BCUT2D eigenvalue weighted by Gasteiger charge is 2.33. The number of rotatable bonds is 7. The molecule has 0 atom stereocenters. The zero-order chi connectivity index (χ0) is 19.4. The summed E-state index contributed by atoms with van der Waals surface area (Å²) in [6.45, 7) is -0.210. The minimum Gasteiger partial charge on any atom is -0.497 e. The Bertz CT molecular complexity index is 814. The SMILES string of the molecule is COc1ccc(CN(C(=O)COC(=O)c2c(F)cccc2F)C2CC2)cc1. The van der Waals surface area contributed by atoms with Crippen LogP contribution in [0.2, 0.25) is 0 Å². The van der Waals surface area contributed by atoms with Crippen LogP contribution in [0, 0.1) is 11.6 Å². The Labute approximate surface area is 155 Å². The van der Waals surface area contributed by atoms with E-state index in [1.54, 1.807) is 24.1 Å². The maximum Gasteiger partial charge on any atom is 0.344 e. The van der Waals surface area contributed by atoms with Crippen molar-refractivity contribution in [2.24, 2.45) is 0 Å². The van der Waals surface area contributed by atoms with Crippen LogP contribution in [-0.4, -0.2) is 36.5 Å². The molecule has 7 heteroatoms. The number of amides is 1. The first-order valence-electron chi connectivity index (χ1n) is 8.53. The number of nitrogens with zero attached hydrogens (tertiary/aromatic N) is 1. The van der Waals surface area contributed by atoms with Gasteiger partial charge >= 0.3 is 5.97 Å². The second-order valence-electron chi connectivity index (χ2n) is 6.27. The fourth-order valence-corrected chi connectivity index (χ4v) is 2.71. The number of carbonyl (C=O) groups is 2. The summed E-state index contributed by atoms with van der Waals surface area (Å²) >= 11 is 0. The highest BCUT2D eigenvalue weighted by molar-refractivity contribution is 5.91. The molecule has 0 aromatic heterocycles. The van der Waals surface area contributed by atoms with Crippen molar-refractivity contribution in [1.82, 2.24) is 4.90 Å². The van der Waals surface area contributed by atoms with Crippen LogP contribution in [0.25, 0.3) is 0 Å². The van der Waals surface area contributed by atoms with Gasteiger partial charge in [-0.15, -0.1) is 0 Å². The lowest BCUT2D eigenvalue weighted by molar-refractivity contribution is -0.135. The van der Waals surface area contributed by atoms with E-state index >= 15 is 0 Å². The molecule has 0 N–H and O–H groups in total. The number of halogens is 2. The van der Waals surface area contributed by atoms with Gasteiger partial charge in [0.15, 0.2) is 6.61 Å². The molecule has 0 heterocycles. The number of methoxy groups -OCH3 is 1. The van der Waals surface area contributed by atoms with Crippen molar-refractivity contribution in [3.63, 3.8) is 0 Å². The summed E-state index contributed by atoms with van der Waals surface area (Å²) in [5, 5.41) is 0. The van der Waals surface area contributed by atoms with Crippen LogP contribution in [0.15, 0.2) is 42.5 Å². The molecule has 5 nitrogen and oxygen atoms in total. The lowest BCUT2D eigenvalue weighted by Crippen LogP contribution is -2.36. The van der Waals surface area contributed by atoms with Gasteiger partial charge in [-0.3, -0.25) is 4.79 Å². The first-order valence-corrected chi connectivity index (χ1v) is 8.53. The standard InChI is InChI=1S/C20H19F2NO4/c1-26-15-9-5-13(6-10-15)11-23(14-7-8-14)18(24)12-27-20(25)19-16(21)3-2-4-17(19)22/h2-6,9-10,14H,7-8,11-12H2,1H3. The van der Waals surface area contributed by atoms with Crippen LogP contribution in [0.1, 0.15) is 28.8 Å². The highest BCUT2D eigenvalue weighted by Crippen LogP contribution is 2.29. The van der Waals surface area contributed by atoms with E-state index in [1.807, 2.05) is 12.1 Å². The molecule has 1 saturated carbocycles. The number of esters is 1. The molecular weight excluding hydrogens is 356 g/mol. The van der Waals surface area contributed by atoms with Crippen molar-refractivity contribution in [3.05, 3.63) is 65.2 Å². The van der Waals surface area contributed by atoms with Crippen LogP contribution < -0.4 is 4.74 Å². The van der Waals surface area contributed by atoms with Crippen molar-refractivity contribution in [2.75, 3.05) is 13.7 Å². The summed E-state index contributed by atoms with van der Waals surface area (Å²) < 4.78 is 37.2. The van der Waals surface area contributed by atoms with Crippen LogP contribution in [0.5, 0.6) is 5.75 Å². The second kappa shape index (κ2) is 8.16. The van der Waals surface area contributed by atoms with Gasteiger partial charge in [0.05, 0.1) is 7.11 Å². The summed E-state index contributed by atoms with van der Waals surface area (Å²) in [7, 11) is 1.57. The zero-order valence-electron chi connectivity index (χ0n) is 14.8. The highest BCUT2D eigenvalue weighted by atomic mass is 19.1. The summed E-state index contributed by atoms with van der Waals surface area (Å²) in [6, 6.07) is 10.4. The Morgan fingerprint density at radius 3 is 2.26 bits per heavy atom. The van der Waals surface area contributed by atoms with Gasteiger partial charge in [-0.2, -0.15) is 0 Å². The van der Waals surface area contributed by atoms with Gasteiger partial charge in [0, 0.05) is 12.6 Å². The van der Waals surface area contributed by atoms with Crippen LogP contribution in [-0.2, 0) is 16.1 Å². The van der Waals surface area contributed by atoms with E-state index in [2.05, 4.69) is 0 Å². The molecule has 0 spiro atoms. The van der Waals surface area contributed by atoms with Gasteiger partial charge in [-0.1, -0.05) is 18.2 Å². The lowest BCUT2D eigenvalue weighted by atomic mass is 10.2. The van der Waals surface area contributed by atoms with E-state index in [-0.39, 0.29) is 6.04 Å². The molecule has 1 fully saturated rings. The summed E-state index contributed by atoms with van der Waals surface area (Å²) in [5.41, 5.74) is 0.112. The Morgan fingerprint density at radius 1 is 1.07 bits per heavy atom. The Hall–Kier alpha value is -2.96. The fraction of sp³-hybridized carbons (Fsp3) is 0.300. The van der Waals surface area contributed by atoms with Gasteiger partial charge < -0.3 is 14.4 Å². The largest absolute Gasteiger partial charge is 0.497 e. The normalized spacial score (nSPS) is 13.1. The van der Waals surface area contributed by atoms with Crippen molar-refractivity contribution in [2.45, 2.75) is 25.4 Å². The van der Waals surface area contributed by atoms with Crippen LogP contribution >= 0.6 is 0 Å². The summed E-state index contributed by atoms with van der Waals surface area (Å²) in [4.78, 5) is 26.1. The maximum atomic E-state index is 13.6. The molecule has 1 amide bonds. The molecular formula is C20H19F2NO4. The zero-order valence-corrected chi connectivity index (χ0v) is 14.8. The van der Waals surface area contributed by atoms with E-state index in [4.69, 9.17) is 9.47 Å². The topological polar surface area (TPSA) is 55.8 Å². The molecule has 0 aliphatic heterocycles. The predicted octanol–water partition coefficient (Wildman–Crippen LogP) is 3.32. The van der Waals surface area contributed by atoms with E-state index in [1.165, 1.54) is 0 Å². The van der Waals surface area contributed by atoms with Gasteiger partial charge in [0.2, 0.25) is 0 Å². The molecule has 1 aliphatic rings. The average molecular weight is 375 g/mol. The van der Waals surface area contributed by atoms with Gasteiger partial charge in [-0.25, -0.2) is 13.6 Å². The van der Waals surface area contributed by atoms with E-state index in [9.17, 15) is 18.4 Å². The van der Waals surface area contributed by atoms with Crippen LogP contribution in [0.3, 0.4) is 0 Å². The molecule has 142 valence electrons. The Morgan fingerprint density at radius 2 is 1.70 bits per heavy atom. The molecule has 0 unspecified atom stereocenters. The van der Waals surface area contributed by atoms with E-state index in [0.29, 0.717) is 12.3 Å². The van der Waals surface area contributed by atoms with Gasteiger partial charge in [-0.05, 0) is 42.7 Å². The second-order valence-corrected chi connectivity index (χ2v) is 6.27. The number of benzene rings is 2. The van der Waals surface area contributed by atoms with E-state index in [0.717, 1.165) is 36.6 Å². The minimum atomic E-state index is -1.20. The lowest BCUT2D eigenvalue weighted by Gasteiger charge is -2.22.